The zero-order valence-electron chi connectivity index (χ0n) is 26.5. The lowest BCUT2D eigenvalue weighted by Gasteiger charge is -2.41. The van der Waals surface area contributed by atoms with Gasteiger partial charge in [-0.15, -0.1) is 0 Å². The van der Waals surface area contributed by atoms with Crippen molar-refractivity contribution in [3.8, 4) is 5.75 Å². The number of benzene rings is 2. The molecule has 4 rings (SSSR count). The third-order valence-electron chi connectivity index (χ3n) is 10.1. The molecule has 41 heavy (non-hydrogen) atoms. The van der Waals surface area contributed by atoms with Crippen LogP contribution in [0.2, 0.25) is 18.1 Å². The second-order valence-corrected chi connectivity index (χ2v) is 18.8. The summed E-state index contributed by atoms with van der Waals surface area (Å²) in [5, 5.41) is 9.99. The van der Waals surface area contributed by atoms with Crippen molar-refractivity contribution in [3.05, 3.63) is 59.2 Å². The van der Waals surface area contributed by atoms with Crippen molar-refractivity contribution in [2.45, 2.75) is 116 Å². The van der Waals surface area contributed by atoms with Crippen LogP contribution in [0, 0.1) is 18.8 Å². The summed E-state index contributed by atoms with van der Waals surface area (Å²) in [6.45, 7) is 14.4. The largest absolute Gasteiger partial charge is 0.496 e. The first-order chi connectivity index (χ1) is 19.4. The summed E-state index contributed by atoms with van der Waals surface area (Å²) in [5.74, 6) is 2.27. The molecule has 2 fully saturated rings. The fourth-order valence-electron chi connectivity index (χ4n) is 6.48. The fraction of sp³-hybridized carbons (Fsp3) is 0.629. The van der Waals surface area contributed by atoms with Crippen molar-refractivity contribution in [2.24, 2.45) is 11.8 Å². The van der Waals surface area contributed by atoms with Crippen LogP contribution in [0.25, 0.3) is 0 Å². The van der Waals surface area contributed by atoms with Gasteiger partial charge in [-0.2, -0.15) is 0 Å². The van der Waals surface area contributed by atoms with Crippen LogP contribution in [0.15, 0.2) is 42.5 Å². The molecule has 5 nitrogen and oxygen atoms in total. The van der Waals surface area contributed by atoms with Crippen molar-refractivity contribution < 1.29 is 19.1 Å². The Balaban J connectivity index is 1.42. The Morgan fingerprint density at radius 3 is 2.24 bits per heavy atom. The van der Waals surface area contributed by atoms with Crippen LogP contribution in [0.4, 0.5) is 5.69 Å². The van der Waals surface area contributed by atoms with Gasteiger partial charge >= 0.3 is 0 Å². The van der Waals surface area contributed by atoms with Gasteiger partial charge in [0.25, 0.3) is 0 Å². The quantitative estimate of drug-likeness (QED) is 0.303. The fourth-order valence-corrected chi connectivity index (χ4v) is 7.90. The number of aliphatic hydroxyl groups excluding tert-OH is 1. The smallest absolute Gasteiger partial charge is 0.230 e. The summed E-state index contributed by atoms with van der Waals surface area (Å²) in [5.41, 5.74) is 4.37. The first-order valence-electron chi connectivity index (χ1n) is 15.8. The number of hydrogen-bond donors (Lipinski definition) is 1. The highest BCUT2D eigenvalue weighted by atomic mass is 28.4. The van der Waals surface area contributed by atoms with Gasteiger partial charge in [-0.25, -0.2) is 0 Å². The summed E-state index contributed by atoms with van der Waals surface area (Å²) in [6, 6.07) is 14.5. The molecule has 2 aliphatic carbocycles. The number of rotatable bonds is 9. The molecule has 1 N–H and O–H groups in total. The number of nitrogens with zero attached hydrogens (tertiary/aromatic N) is 1. The van der Waals surface area contributed by atoms with Crippen LogP contribution >= 0.6 is 0 Å². The average molecular weight is 580 g/mol. The maximum atomic E-state index is 14.1. The van der Waals surface area contributed by atoms with E-state index in [1.54, 1.807) is 7.11 Å². The van der Waals surface area contributed by atoms with Gasteiger partial charge in [-0.3, -0.25) is 4.79 Å². The van der Waals surface area contributed by atoms with Crippen molar-refractivity contribution in [3.63, 3.8) is 0 Å². The molecular weight excluding hydrogens is 526 g/mol. The number of aliphatic hydroxyl groups is 1. The standard InChI is InChI=1S/C35H53NO4Si/c1-25-21-30(17-20-33(25)39-5)28-13-11-26(12-14-28)23-36(31-10-8-9-27(22-31)24-37)34(38)29-15-18-32(19-16-29)40-41(6,7)35(2,3)4/h8-10,17,20-22,26,28-29,32,37H,11-16,18-19,23-24H2,1-7H3. The highest BCUT2D eigenvalue weighted by Crippen LogP contribution is 2.41. The van der Waals surface area contributed by atoms with Crippen LogP contribution in [0.5, 0.6) is 5.75 Å². The van der Waals surface area contributed by atoms with E-state index in [4.69, 9.17) is 9.16 Å². The molecule has 0 aromatic heterocycles. The van der Waals surface area contributed by atoms with Gasteiger partial charge in [-0.05, 0) is 123 Å². The van der Waals surface area contributed by atoms with E-state index in [-0.39, 0.29) is 29.6 Å². The second kappa shape index (κ2) is 13.4. The molecule has 0 radical (unpaired) electrons. The summed E-state index contributed by atoms with van der Waals surface area (Å²) < 4.78 is 12.2. The predicted octanol–water partition coefficient (Wildman–Crippen LogP) is 8.38. The van der Waals surface area contributed by atoms with Crippen molar-refractivity contribution >= 4 is 19.9 Å². The Morgan fingerprint density at radius 2 is 1.66 bits per heavy atom. The number of carbonyl (C=O) groups is 1. The molecule has 1 amide bonds. The second-order valence-electron chi connectivity index (χ2n) is 14.1. The first kappa shape index (κ1) is 31.8. The molecule has 0 unspecified atom stereocenters. The minimum atomic E-state index is -1.82. The van der Waals surface area contributed by atoms with Crippen molar-refractivity contribution in [2.75, 3.05) is 18.6 Å². The van der Waals surface area contributed by atoms with Gasteiger partial charge in [0.1, 0.15) is 5.75 Å². The molecule has 0 saturated heterocycles. The molecule has 0 aliphatic heterocycles. The van der Waals surface area contributed by atoms with Crippen LogP contribution in [-0.4, -0.2) is 39.1 Å². The molecule has 0 spiro atoms. The Morgan fingerprint density at radius 1 is 0.976 bits per heavy atom. The van der Waals surface area contributed by atoms with Gasteiger partial charge < -0.3 is 19.2 Å². The Hall–Kier alpha value is -2.15. The molecule has 226 valence electrons. The van der Waals surface area contributed by atoms with Crippen molar-refractivity contribution in [1.82, 2.24) is 0 Å². The van der Waals surface area contributed by atoms with Gasteiger partial charge in [0.2, 0.25) is 5.91 Å². The predicted molar refractivity (Wildman–Crippen MR) is 171 cm³/mol. The number of carbonyl (C=O) groups excluding carboxylic acids is 1. The highest BCUT2D eigenvalue weighted by molar-refractivity contribution is 6.74. The number of methoxy groups -OCH3 is 1. The van der Waals surface area contributed by atoms with E-state index in [0.29, 0.717) is 11.8 Å². The van der Waals surface area contributed by atoms with Crippen LogP contribution in [0.1, 0.15) is 94.7 Å². The molecule has 0 bridgehead atoms. The average Bonchev–Trinajstić information content (AvgIpc) is 2.95. The van der Waals surface area contributed by atoms with Crippen molar-refractivity contribution in [1.29, 1.82) is 0 Å². The molecule has 6 heteroatoms. The Bertz CT molecular complexity index is 1160. The highest BCUT2D eigenvalue weighted by Gasteiger charge is 2.41. The number of hydrogen-bond acceptors (Lipinski definition) is 4. The van der Waals surface area contributed by atoms with E-state index in [1.165, 1.54) is 11.1 Å². The maximum Gasteiger partial charge on any atom is 0.230 e. The van der Waals surface area contributed by atoms with Crippen LogP contribution < -0.4 is 9.64 Å². The zero-order chi connectivity index (χ0) is 29.8. The molecule has 2 aliphatic rings. The SMILES string of the molecule is COc1ccc(C2CCC(CN(C(=O)C3CCC(O[Si](C)(C)C(C)(C)C)CC3)c3cccc(CO)c3)CC2)cc1C. The Labute approximate surface area is 249 Å². The monoisotopic (exact) mass is 579 g/mol. The number of amides is 1. The lowest BCUT2D eigenvalue weighted by Crippen LogP contribution is -2.46. The molecule has 2 aromatic rings. The van der Waals surface area contributed by atoms with Crippen LogP contribution in [0.3, 0.4) is 0 Å². The number of aryl methyl sites for hydroxylation is 1. The number of ether oxygens (including phenoxy) is 1. The minimum absolute atomic E-state index is 0.0157. The summed E-state index contributed by atoms with van der Waals surface area (Å²) in [4.78, 5) is 16.2. The van der Waals surface area contributed by atoms with E-state index in [2.05, 4.69) is 63.9 Å². The molecule has 2 saturated carbocycles. The van der Waals surface area contributed by atoms with Crippen LogP contribution in [-0.2, 0) is 15.8 Å². The van der Waals surface area contributed by atoms with E-state index in [9.17, 15) is 9.90 Å². The van der Waals surface area contributed by atoms with E-state index >= 15 is 0 Å². The van der Waals surface area contributed by atoms with E-state index in [1.807, 2.05) is 24.3 Å². The summed E-state index contributed by atoms with van der Waals surface area (Å²) >= 11 is 0. The summed E-state index contributed by atoms with van der Waals surface area (Å²) in [7, 11) is -0.0922. The third kappa shape index (κ3) is 7.82. The first-order valence-corrected chi connectivity index (χ1v) is 18.7. The normalized spacial score (nSPS) is 23.7. The number of anilines is 1. The molecular formula is C35H53NO4Si. The molecule has 0 atom stereocenters. The van der Waals surface area contributed by atoms with Gasteiger partial charge in [0.15, 0.2) is 8.32 Å². The minimum Gasteiger partial charge on any atom is -0.496 e. The van der Waals surface area contributed by atoms with Gasteiger partial charge in [0.05, 0.1) is 13.7 Å². The lowest BCUT2D eigenvalue weighted by atomic mass is 9.78. The molecule has 0 heterocycles. The van der Waals surface area contributed by atoms with E-state index in [0.717, 1.165) is 74.9 Å². The topological polar surface area (TPSA) is 59.0 Å². The summed E-state index contributed by atoms with van der Waals surface area (Å²) in [6.07, 6.45) is 8.48. The third-order valence-corrected chi connectivity index (χ3v) is 14.7. The Kier molecular flexibility index (Phi) is 10.4. The maximum absolute atomic E-state index is 14.1. The molecule has 2 aromatic carbocycles. The zero-order valence-corrected chi connectivity index (χ0v) is 27.5. The lowest BCUT2D eigenvalue weighted by molar-refractivity contribution is -0.124. The van der Waals surface area contributed by atoms with Gasteiger partial charge in [-0.1, -0.05) is 45.0 Å². The van der Waals surface area contributed by atoms with E-state index < -0.39 is 8.32 Å². The van der Waals surface area contributed by atoms with Gasteiger partial charge in [0, 0.05) is 24.3 Å².